The van der Waals surface area contributed by atoms with Crippen LogP contribution in [0.25, 0.3) is 0 Å². The summed E-state index contributed by atoms with van der Waals surface area (Å²) in [5.41, 5.74) is 2.27. The van der Waals surface area contributed by atoms with Crippen molar-refractivity contribution >= 4 is 5.78 Å². The SMILES string of the molecule is C=C1C[C@@H]2CCC3C[C@H]4OC5C(OC)[C@H]6O[C@H](CC[C@@H]6O[C@H]5C4O3)CC(=O)C[C@@H]3[C@@H](OC)[C@@H](C[C@H]4COC(C)(C)O4)O[C@H]3C[C@H]3O[C@@H](CC[C@@H]1O2)C[C@@H](C)C3=C. The van der Waals surface area contributed by atoms with Gasteiger partial charge < -0.3 is 52.1 Å². The van der Waals surface area contributed by atoms with E-state index in [0.717, 1.165) is 63.4 Å². The van der Waals surface area contributed by atoms with Crippen molar-refractivity contribution in [2.45, 2.75) is 214 Å². The first-order chi connectivity index (χ1) is 26.9. The number of rotatable bonds is 4. The van der Waals surface area contributed by atoms with Crippen molar-refractivity contribution in [2.24, 2.45) is 11.8 Å². The van der Waals surface area contributed by atoms with Gasteiger partial charge in [0.15, 0.2) is 5.79 Å². The standard InChI is InChI=1S/C44H66O12/c1-22-14-27-10-12-32-23(2)15-26(49-32)8-9-29-18-37-40(52-29)42-43(55-37)41(47-7)39-33(54-42)13-11-28(51-39)16-25(45)17-31-35(20-34(50-27)24(22)3)53-36(38(31)46-6)19-30-21-48-44(4,5)56-30/h22,26-43H,2-3,8-21H2,1,4-7H3/t22-,26+,27+,28-,29?,30+,31+,32+,33+,34-,35+,36-,37-,38-,39+,40?,41?,42+,43?/m1/s1. The summed E-state index contributed by atoms with van der Waals surface area (Å²) in [6.45, 7) is 15.6. The average molecular weight is 787 g/mol. The molecule has 314 valence electrons. The number of Topliss-reactive ketones (excluding diaryl/α,β-unsaturated/α-hetero) is 1. The Hall–Kier alpha value is -1.29. The van der Waals surface area contributed by atoms with Gasteiger partial charge in [0, 0.05) is 52.2 Å². The predicted octanol–water partition coefficient (Wildman–Crippen LogP) is 5.56. The fraction of sp³-hybridized carbons (Fsp3) is 0.886. The summed E-state index contributed by atoms with van der Waals surface area (Å²) in [6.07, 6.45) is 7.19. The number of carbonyl (C=O) groups excluding carboxylic acids is 1. The van der Waals surface area contributed by atoms with Gasteiger partial charge in [-0.15, -0.1) is 0 Å². The molecule has 0 aliphatic carbocycles. The third-order valence-electron chi connectivity index (χ3n) is 14.6. The van der Waals surface area contributed by atoms with E-state index in [2.05, 4.69) is 20.1 Å². The Morgan fingerprint density at radius 1 is 0.661 bits per heavy atom. The lowest BCUT2D eigenvalue weighted by Crippen LogP contribution is -2.62. The van der Waals surface area contributed by atoms with Crippen LogP contribution >= 0.6 is 0 Å². The summed E-state index contributed by atoms with van der Waals surface area (Å²) >= 11 is 0. The van der Waals surface area contributed by atoms with E-state index in [1.54, 1.807) is 14.2 Å². The molecule has 12 bridgehead atoms. The molecular weight excluding hydrogens is 720 g/mol. The van der Waals surface area contributed by atoms with E-state index in [1.165, 1.54) is 5.57 Å². The van der Waals surface area contributed by atoms with E-state index in [1.807, 2.05) is 13.8 Å². The van der Waals surface area contributed by atoms with E-state index in [-0.39, 0.29) is 115 Å². The van der Waals surface area contributed by atoms with Crippen LogP contribution in [0.3, 0.4) is 0 Å². The zero-order valence-electron chi connectivity index (χ0n) is 34.2. The van der Waals surface area contributed by atoms with Crippen LogP contribution in [0.4, 0.5) is 0 Å². The fourth-order valence-corrected chi connectivity index (χ4v) is 11.8. The number of hydrogen-bond donors (Lipinski definition) is 0. The molecule has 56 heavy (non-hydrogen) atoms. The van der Waals surface area contributed by atoms with Crippen LogP contribution in [-0.2, 0) is 56.9 Å². The lowest BCUT2D eigenvalue weighted by molar-refractivity contribution is -0.268. The Morgan fingerprint density at radius 3 is 2.14 bits per heavy atom. The molecule has 0 saturated carbocycles. The summed E-state index contributed by atoms with van der Waals surface area (Å²) in [7, 11) is 3.45. The van der Waals surface area contributed by atoms with Gasteiger partial charge in [0.25, 0.3) is 0 Å². The third-order valence-corrected chi connectivity index (χ3v) is 14.6. The third kappa shape index (κ3) is 8.00. The summed E-state index contributed by atoms with van der Waals surface area (Å²) in [4.78, 5) is 14.2. The molecule has 12 rings (SSSR count). The lowest BCUT2D eigenvalue weighted by atomic mass is 9.81. The highest BCUT2D eigenvalue weighted by Crippen LogP contribution is 2.47. The van der Waals surface area contributed by atoms with Gasteiger partial charge in [-0.2, -0.15) is 0 Å². The number of methoxy groups -OCH3 is 2. The minimum absolute atomic E-state index is 0.0282. The Morgan fingerprint density at radius 2 is 1.36 bits per heavy atom. The fourth-order valence-electron chi connectivity index (χ4n) is 11.8. The Kier molecular flexibility index (Phi) is 11.7. The normalized spacial score (nSPS) is 50.7. The molecule has 0 aromatic carbocycles. The summed E-state index contributed by atoms with van der Waals surface area (Å²) in [6, 6.07) is 0. The highest BCUT2D eigenvalue weighted by Gasteiger charge is 2.61. The van der Waals surface area contributed by atoms with Crippen molar-refractivity contribution < 1.29 is 56.9 Å². The first kappa shape index (κ1) is 40.1. The van der Waals surface area contributed by atoms with Crippen LogP contribution in [0, 0.1) is 11.8 Å². The van der Waals surface area contributed by atoms with Crippen molar-refractivity contribution in [3.63, 3.8) is 0 Å². The molecule has 12 heterocycles. The van der Waals surface area contributed by atoms with Gasteiger partial charge in [-0.1, -0.05) is 20.1 Å². The van der Waals surface area contributed by atoms with E-state index in [0.29, 0.717) is 38.2 Å². The van der Waals surface area contributed by atoms with Gasteiger partial charge in [0.1, 0.15) is 36.3 Å². The second-order valence-corrected chi connectivity index (χ2v) is 18.9. The number of ketones is 1. The molecule has 0 aromatic rings. The molecule has 12 heteroatoms. The number of carbonyl (C=O) groups is 1. The molecule has 0 N–H and O–H groups in total. The van der Waals surface area contributed by atoms with Gasteiger partial charge in [-0.3, -0.25) is 4.79 Å². The molecule has 0 aromatic heterocycles. The van der Waals surface area contributed by atoms with Crippen LogP contribution < -0.4 is 0 Å². The molecular formula is C44H66O12. The molecule has 12 nitrogen and oxygen atoms in total. The van der Waals surface area contributed by atoms with E-state index < -0.39 is 5.79 Å². The molecule has 12 aliphatic rings. The van der Waals surface area contributed by atoms with Gasteiger partial charge in [0.05, 0.1) is 79.9 Å². The second kappa shape index (κ2) is 16.3. The first-order valence-electron chi connectivity index (χ1n) is 21.8. The summed E-state index contributed by atoms with van der Waals surface area (Å²) in [5, 5.41) is 0. The monoisotopic (exact) mass is 786 g/mol. The van der Waals surface area contributed by atoms with Crippen LogP contribution in [0.1, 0.15) is 104 Å². The average Bonchev–Trinajstić information content (AvgIpc) is 3.96. The Balaban J connectivity index is 0.958. The first-order valence-corrected chi connectivity index (χ1v) is 21.8. The Bertz CT molecular complexity index is 1450. The maximum Gasteiger partial charge on any atom is 0.163 e. The van der Waals surface area contributed by atoms with Gasteiger partial charge >= 0.3 is 0 Å². The minimum Gasteiger partial charge on any atom is -0.378 e. The number of hydrogen-bond acceptors (Lipinski definition) is 12. The Labute approximate surface area is 332 Å². The lowest BCUT2D eigenvalue weighted by Gasteiger charge is -2.47. The van der Waals surface area contributed by atoms with E-state index in [9.17, 15) is 4.79 Å². The van der Waals surface area contributed by atoms with Crippen molar-refractivity contribution in [1.29, 1.82) is 0 Å². The minimum atomic E-state index is -0.642. The van der Waals surface area contributed by atoms with Crippen molar-refractivity contribution in [3.05, 3.63) is 24.3 Å². The van der Waals surface area contributed by atoms with E-state index >= 15 is 0 Å². The number of ether oxygens (including phenoxy) is 11. The molecule has 12 fully saturated rings. The maximum absolute atomic E-state index is 14.2. The van der Waals surface area contributed by atoms with Crippen LogP contribution in [0.5, 0.6) is 0 Å². The smallest absolute Gasteiger partial charge is 0.163 e. The van der Waals surface area contributed by atoms with Crippen LogP contribution in [-0.4, -0.2) is 136 Å². The molecule has 12 aliphatic heterocycles. The highest BCUT2D eigenvalue weighted by molar-refractivity contribution is 5.79. The van der Waals surface area contributed by atoms with Gasteiger partial charge in [-0.25, -0.2) is 0 Å². The zero-order chi connectivity index (χ0) is 38.9. The molecule has 0 spiro atoms. The van der Waals surface area contributed by atoms with Crippen molar-refractivity contribution in [1.82, 2.24) is 0 Å². The molecule has 19 atom stereocenters. The van der Waals surface area contributed by atoms with Crippen molar-refractivity contribution in [2.75, 3.05) is 20.8 Å². The van der Waals surface area contributed by atoms with Crippen molar-refractivity contribution in [3.8, 4) is 0 Å². The second-order valence-electron chi connectivity index (χ2n) is 18.9. The maximum atomic E-state index is 14.2. The number of fused-ring (bicyclic) bond motifs is 1. The van der Waals surface area contributed by atoms with Crippen LogP contribution in [0.15, 0.2) is 24.3 Å². The van der Waals surface area contributed by atoms with Gasteiger partial charge in [0.2, 0.25) is 0 Å². The molecule has 12 saturated heterocycles. The zero-order valence-corrected chi connectivity index (χ0v) is 34.2. The van der Waals surface area contributed by atoms with Gasteiger partial charge in [-0.05, 0) is 82.3 Å². The predicted molar refractivity (Wildman–Crippen MR) is 203 cm³/mol. The largest absolute Gasteiger partial charge is 0.378 e. The topological polar surface area (TPSA) is 119 Å². The summed E-state index contributed by atoms with van der Waals surface area (Å²) in [5.74, 6) is -0.368. The highest BCUT2D eigenvalue weighted by atomic mass is 16.7. The quantitative estimate of drug-likeness (QED) is 0.332. The summed E-state index contributed by atoms with van der Waals surface area (Å²) < 4.78 is 71.8. The molecule has 0 radical (unpaired) electrons. The van der Waals surface area contributed by atoms with Crippen LogP contribution in [0.2, 0.25) is 0 Å². The molecule has 0 amide bonds. The molecule has 4 unspecified atom stereocenters. The van der Waals surface area contributed by atoms with E-state index in [4.69, 9.17) is 52.1 Å².